The number of ether oxygens (including phenoxy) is 1. The van der Waals surface area contributed by atoms with Gasteiger partial charge in [-0.25, -0.2) is 4.98 Å². The lowest BCUT2D eigenvalue weighted by molar-refractivity contribution is -0.143. The molecule has 1 atom stereocenters. The van der Waals surface area contributed by atoms with E-state index >= 15 is 0 Å². The minimum Gasteiger partial charge on any atom is -0.464 e. The number of nitrogens with zero attached hydrogens (tertiary/aromatic N) is 1. The van der Waals surface area contributed by atoms with Gasteiger partial charge in [-0.1, -0.05) is 6.07 Å². The molecule has 1 aliphatic heterocycles. The average Bonchev–Trinajstić information content (AvgIpc) is 2.52. The minimum absolute atomic E-state index is 0.314. The molecule has 2 heterocycles. The van der Waals surface area contributed by atoms with E-state index in [9.17, 15) is 9.59 Å². The molecule has 1 aliphatic rings. The van der Waals surface area contributed by atoms with Gasteiger partial charge in [0.2, 0.25) is 0 Å². The van der Waals surface area contributed by atoms with Gasteiger partial charge < -0.3 is 15.4 Å². The highest BCUT2D eigenvalue weighted by molar-refractivity contribution is 6.18. The molecular formula is C17H17N3O3. The number of carbonyl (C=O) groups is 2. The van der Waals surface area contributed by atoms with Gasteiger partial charge in [0.05, 0.1) is 0 Å². The van der Waals surface area contributed by atoms with Gasteiger partial charge >= 0.3 is 0 Å². The first-order valence-corrected chi connectivity index (χ1v) is 7.24. The van der Waals surface area contributed by atoms with Gasteiger partial charge in [0, 0.05) is 11.9 Å². The Morgan fingerprint density at radius 3 is 2.78 bits per heavy atom. The molecule has 2 aromatic rings. The molecule has 0 saturated carbocycles. The van der Waals surface area contributed by atoms with Gasteiger partial charge in [-0.3, -0.25) is 9.59 Å². The van der Waals surface area contributed by atoms with Crippen molar-refractivity contribution in [3.63, 3.8) is 0 Å². The van der Waals surface area contributed by atoms with Crippen molar-refractivity contribution in [2.45, 2.75) is 26.4 Å². The average molecular weight is 311 g/mol. The fourth-order valence-electron chi connectivity index (χ4n) is 2.28. The predicted molar refractivity (Wildman–Crippen MR) is 86.4 cm³/mol. The first-order chi connectivity index (χ1) is 10.9. The molecule has 2 N–H and O–H groups in total. The second-order valence-electron chi connectivity index (χ2n) is 5.69. The molecule has 0 saturated heterocycles. The van der Waals surface area contributed by atoms with Gasteiger partial charge in [-0.2, -0.15) is 0 Å². The second kappa shape index (κ2) is 5.39. The molecule has 1 aromatic heterocycles. The first kappa shape index (κ1) is 15.0. The van der Waals surface area contributed by atoms with Crippen LogP contribution in [0.4, 0.5) is 11.5 Å². The van der Waals surface area contributed by atoms with Crippen molar-refractivity contribution in [1.82, 2.24) is 4.98 Å². The maximum atomic E-state index is 12.6. The summed E-state index contributed by atoms with van der Waals surface area (Å²) < 4.78 is 5.63. The number of hydrogen-bond donors (Lipinski definition) is 2. The van der Waals surface area contributed by atoms with Gasteiger partial charge in [0.15, 0.2) is 11.6 Å². The van der Waals surface area contributed by atoms with Crippen LogP contribution in [0.15, 0.2) is 36.5 Å². The van der Waals surface area contributed by atoms with Crippen LogP contribution in [0.3, 0.4) is 0 Å². The Bertz CT molecular complexity index is 803. The molecule has 0 fully saturated rings. The molecule has 118 valence electrons. The number of hydrogen-bond acceptors (Lipinski definition) is 4. The van der Waals surface area contributed by atoms with Gasteiger partial charge in [-0.05, 0) is 56.2 Å². The quantitative estimate of drug-likeness (QED) is 0.835. The number of fused-ring (bicyclic) bond motifs is 1. The van der Waals surface area contributed by atoms with E-state index in [1.165, 1.54) is 6.92 Å². The van der Waals surface area contributed by atoms with E-state index in [2.05, 4.69) is 15.6 Å². The fraction of sp³-hybridized carbons (Fsp3) is 0.235. The summed E-state index contributed by atoms with van der Waals surface area (Å²) in [6, 6.07) is 8.89. The summed E-state index contributed by atoms with van der Waals surface area (Å²) in [6.07, 6.45) is 1.54. The zero-order valence-corrected chi connectivity index (χ0v) is 13.1. The predicted octanol–water partition coefficient (Wildman–Crippen LogP) is 2.43. The Kier molecular flexibility index (Phi) is 3.52. The van der Waals surface area contributed by atoms with E-state index < -0.39 is 17.4 Å². The molecule has 23 heavy (non-hydrogen) atoms. The summed E-state index contributed by atoms with van der Waals surface area (Å²) in [5.41, 5.74) is 1.14. The smallest absolute Gasteiger partial charge is 0.279 e. The normalized spacial score (nSPS) is 19.3. The molecule has 6 heteroatoms. The first-order valence-electron chi connectivity index (χ1n) is 7.24. The molecule has 0 radical (unpaired) electrons. The van der Waals surface area contributed by atoms with Crippen molar-refractivity contribution in [1.29, 1.82) is 0 Å². The van der Waals surface area contributed by atoms with Crippen LogP contribution in [0.2, 0.25) is 0 Å². The highest BCUT2D eigenvalue weighted by Crippen LogP contribution is 2.32. The van der Waals surface area contributed by atoms with Crippen LogP contribution in [0.25, 0.3) is 0 Å². The van der Waals surface area contributed by atoms with Crippen molar-refractivity contribution in [2.75, 3.05) is 10.6 Å². The number of aryl methyl sites for hydroxylation is 2. The van der Waals surface area contributed by atoms with Crippen molar-refractivity contribution in [3.05, 3.63) is 47.7 Å². The Hall–Kier alpha value is -2.89. The lowest BCUT2D eigenvalue weighted by Gasteiger charge is -2.32. The molecule has 1 aromatic carbocycles. The topological polar surface area (TPSA) is 80.3 Å². The van der Waals surface area contributed by atoms with E-state index in [0.717, 1.165) is 11.1 Å². The molecular weight excluding hydrogens is 294 g/mol. The monoisotopic (exact) mass is 311 g/mol. The number of nitrogens with one attached hydrogen (secondary N) is 2. The summed E-state index contributed by atoms with van der Waals surface area (Å²) in [4.78, 5) is 28.9. The van der Waals surface area contributed by atoms with Crippen LogP contribution < -0.4 is 15.4 Å². The maximum Gasteiger partial charge on any atom is 0.279 e. The third kappa shape index (κ3) is 2.63. The Labute approximate surface area is 133 Å². The highest BCUT2D eigenvalue weighted by atomic mass is 16.5. The maximum absolute atomic E-state index is 12.6. The van der Waals surface area contributed by atoms with E-state index in [4.69, 9.17) is 4.74 Å². The lowest BCUT2D eigenvalue weighted by Crippen LogP contribution is -2.56. The molecule has 0 bridgehead atoms. The van der Waals surface area contributed by atoms with Crippen LogP contribution in [-0.4, -0.2) is 22.4 Å². The summed E-state index contributed by atoms with van der Waals surface area (Å²) in [5, 5.41) is 5.34. The van der Waals surface area contributed by atoms with Crippen LogP contribution >= 0.6 is 0 Å². The van der Waals surface area contributed by atoms with E-state index in [0.29, 0.717) is 17.3 Å². The number of aromatic nitrogens is 1. The third-order valence-electron chi connectivity index (χ3n) is 3.95. The summed E-state index contributed by atoms with van der Waals surface area (Å²) in [7, 11) is 0. The lowest BCUT2D eigenvalue weighted by atomic mass is 10.0. The van der Waals surface area contributed by atoms with E-state index in [1.54, 1.807) is 24.4 Å². The number of amides is 2. The van der Waals surface area contributed by atoms with Crippen molar-refractivity contribution < 1.29 is 14.3 Å². The zero-order chi connectivity index (χ0) is 16.6. The van der Waals surface area contributed by atoms with E-state index in [1.807, 2.05) is 26.0 Å². The van der Waals surface area contributed by atoms with E-state index in [-0.39, 0.29) is 0 Å². The molecule has 3 rings (SSSR count). The number of anilines is 2. The third-order valence-corrected chi connectivity index (χ3v) is 3.95. The summed E-state index contributed by atoms with van der Waals surface area (Å²) in [5.74, 6) is -0.406. The second-order valence-corrected chi connectivity index (χ2v) is 5.69. The molecule has 1 unspecified atom stereocenters. The summed E-state index contributed by atoms with van der Waals surface area (Å²) in [6.45, 7) is 5.39. The van der Waals surface area contributed by atoms with Crippen LogP contribution in [0.1, 0.15) is 18.1 Å². The van der Waals surface area contributed by atoms with Crippen LogP contribution in [-0.2, 0) is 9.59 Å². The van der Waals surface area contributed by atoms with Crippen molar-refractivity contribution >= 4 is 23.3 Å². The number of rotatable bonds is 2. The van der Waals surface area contributed by atoms with Crippen molar-refractivity contribution in [2.24, 2.45) is 0 Å². The van der Waals surface area contributed by atoms with Gasteiger partial charge in [-0.15, -0.1) is 0 Å². The molecule has 0 spiro atoms. The standard InChI is InChI=1S/C17H17N3O3/c1-10-6-7-12(9-11(10)2)19-15(21)17(3)16(22)20-14-13(23-17)5-4-8-18-14/h4-9H,1-3H3,(H,19,21)(H,18,20,22). The number of pyridine rings is 1. The largest absolute Gasteiger partial charge is 0.464 e. The summed E-state index contributed by atoms with van der Waals surface area (Å²) >= 11 is 0. The Morgan fingerprint density at radius 1 is 1.26 bits per heavy atom. The van der Waals surface area contributed by atoms with Gasteiger partial charge in [0.1, 0.15) is 0 Å². The number of benzene rings is 1. The fourth-order valence-corrected chi connectivity index (χ4v) is 2.28. The van der Waals surface area contributed by atoms with Crippen molar-refractivity contribution in [3.8, 4) is 5.75 Å². The SMILES string of the molecule is Cc1ccc(NC(=O)C2(C)Oc3cccnc3NC2=O)cc1C. The Morgan fingerprint density at radius 2 is 2.04 bits per heavy atom. The highest BCUT2D eigenvalue weighted by Gasteiger charge is 2.47. The van der Waals surface area contributed by atoms with Crippen LogP contribution in [0, 0.1) is 13.8 Å². The molecule has 0 aliphatic carbocycles. The Balaban J connectivity index is 1.86. The minimum atomic E-state index is -1.66. The molecule has 2 amide bonds. The number of carbonyl (C=O) groups excluding carboxylic acids is 2. The van der Waals surface area contributed by atoms with Crippen LogP contribution in [0.5, 0.6) is 5.75 Å². The molecule has 6 nitrogen and oxygen atoms in total. The van der Waals surface area contributed by atoms with Gasteiger partial charge in [0.25, 0.3) is 17.4 Å². The zero-order valence-electron chi connectivity index (χ0n) is 13.1.